The van der Waals surface area contributed by atoms with Crippen molar-refractivity contribution in [1.82, 2.24) is 15.6 Å². The number of hydrogen-bond acceptors (Lipinski definition) is 8. The average Bonchev–Trinajstić information content (AvgIpc) is 3.43. The minimum atomic E-state index is -1.71. The van der Waals surface area contributed by atoms with Crippen LogP contribution < -0.4 is 10.6 Å². The Balaban J connectivity index is 1.72. The van der Waals surface area contributed by atoms with Gasteiger partial charge in [0, 0.05) is 12.8 Å². The SMILES string of the molecule is CC(C)C[C@H](NC(=O)C1(Cc2ccccc2)CC(CNC(=O)c2cocn2)=NO1)B(O)O. The van der Waals surface area contributed by atoms with E-state index in [4.69, 9.17) is 9.25 Å². The molecule has 2 amide bonds. The predicted octanol–water partition coefficient (Wildman–Crippen LogP) is 0.705. The summed E-state index contributed by atoms with van der Waals surface area (Å²) >= 11 is 0. The Hall–Kier alpha value is -3.18. The summed E-state index contributed by atoms with van der Waals surface area (Å²) in [5.41, 5.74) is 0.0826. The van der Waals surface area contributed by atoms with Gasteiger partial charge in [-0.1, -0.05) is 49.3 Å². The van der Waals surface area contributed by atoms with E-state index in [1.54, 1.807) is 0 Å². The molecule has 11 heteroatoms. The van der Waals surface area contributed by atoms with E-state index in [1.807, 2.05) is 44.2 Å². The highest BCUT2D eigenvalue weighted by Gasteiger charge is 2.48. The van der Waals surface area contributed by atoms with Crippen LogP contribution in [-0.2, 0) is 16.1 Å². The summed E-state index contributed by atoms with van der Waals surface area (Å²) in [6.45, 7) is 3.91. The number of rotatable bonds is 10. The molecule has 170 valence electrons. The van der Waals surface area contributed by atoms with E-state index in [9.17, 15) is 19.6 Å². The molecule has 0 saturated carbocycles. The van der Waals surface area contributed by atoms with Gasteiger partial charge in [-0.2, -0.15) is 0 Å². The van der Waals surface area contributed by atoms with E-state index >= 15 is 0 Å². The molecule has 3 rings (SSSR count). The van der Waals surface area contributed by atoms with Crippen LogP contribution in [-0.4, -0.2) is 57.8 Å². The lowest BCUT2D eigenvalue weighted by Gasteiger charge is -2.29. The van der Waals surface area contributed by atoms with Crippen LogP contribution in [0.15, 0.2) is 52.6 Å². The van der Waals surface area contributed by atoms with Crippen molar-refractivity contribution in [2.75, 3.05) is 6.54 Å². The topological polar surface area (TPSA) is 146 Å². The Morgan fingerprint density at radius 1 is 1.25 bits per heavy atom. The third-order valence-corrected chi connectivity index (χ3v) is 5.11. The van der Waals surface area contributed by atoms with Crippen LogP contribution in [0.5, 0.6) is 0 Å². The third-order valence-electron chi connectivity index (χ3n) is 5.11. The van der Waals surface area contributed by atoms with Crippen molar-refractivity contribution in [3.8, 4) is 0 Å². The number of oxime groups is 1. The van der Waals surface area contributed by atoms with E-state index in [1.165, 1.54) is 6.26 Å². The fourth-order valence-corrected chi connectivity index (χ4v) is 3.52. The van der Waals surface area contributed by atoms with Gasteiger partial charge in [0.05, 0.1) is 18.2 Å². The molecule has 32 heavy (non-hydrogen) atoms. The van der Waals surface area contributed by atoms with Gasteiger partial charge in [-0.15, -0.1) is 0 Å². The number of benzene rings is 1. The smallest absolute Gasteiger partial charge is 0.451 e. The summed E-state index contributed by atoms with van der Waals surface area (Å²) in [4.78, 5) is 34.8. The highest BCUT2D eigenvalue weighted by Crippen LogP contribution is 2.29. The standard InChI is InChI=1S/C21H27BN4O6/c1-14(2)8-18(22(29)30)25-20(28)21(9-15-6-4-3-5-7-15)10-16(26-32-21)11-23-19(27)17-12-31-13-24-17/h3-7,12-14,18,29-30H,8-11H2,1-2H3,(H,23,27)(H,25,28)/t18-,21?/m0/s1. The average molecular weight is 442 g/mol. The molecule has 2 heterocycles. The normalized spacial score (nSPS) is 18.6. The minimum absolute atomic E-state index is 0.0631. The van der Waals surface area contributed by atoms with Crippen molar-refractivity contribution >= 4 is 24.6 Å². The summed E-state index contributed by atoms with van der Waals surface area (Å²) in [5.74, 6) is -1.65. The van der Waals surface area contributed by atoms with Gasteiger partial charge in [-0.25, -0.2) is 4.98 Å². The monoisotopic (exact) mass is 442 g/mol. The minimum Gasteiger partial charge on any atom is -0.451 e. The maximum absolute atomic E-state index is 13.3. The molecule has 1 aliphatic rings. The molecule has 1 aliphatic heterocycles. The molecule has 2 aromatic rings. The zero-order chi connectivity index (χ0) is 23.1. The molecule has 0 aliphatic carbocycles. The number of carbonyl (C=O) groups excluding carboxylic acids is 2. The van der Waals surface area contributed by atoms with Crippen LogP contribution in [0.1, 0.15) is 42.7 Å². The van der Waals surface area contributed by atoms with Crippen molar-refractivity contribution in [3.63, 3.8) is 0 Å². The van der Waals surface area contributed by atoms with E-state index in [2.05, 4.69) is 20.8 Å². The Kier molecular flexibility index (Phi) is 7.65. The number of nitrogens with one attached hydrogen (secondary N) is 2. The molecule has 4 N–H and O–H groups in total. The van der Waals surface area contributed by atoms with Gasteiger partial charge < -0.3 is 29.9 Å². The van der Waals surface area contributed by atoms with Crippen LogP contribution in [0.3, 0.4) is 0 Å². The second-order valence-corrected chi connectivity index (χ2v) is 8.26. The van der Waals surface area contributed by atoms with E-state index in [0.29, 0.717) is 12.1 Å². The van der Waals surface area contributed by atoms with Gasteiger partial charge in [-0.3, -0.25) is 9.59 Å². The van der Waals surface area contributed by atoms with Gasteiger partial charge in [0.2, 0.25) is 5.60 Å². The van der Waals surface area contributed by atoms with Crippen LogP contribution in [0.2, 0.25) is 0 Å². The summed E-state index contributed by atoms with van der Waals surface area (Å²) in [6.07, 6.45) is 3.11. The number of hydrogen-bond donors (Lipinski definition) is 4. The van der Waals surface area contributed by atoms with Gasteiger partial charge in [0.1, 0.15) is 6.26 Å². The molecular formula is C21H27BN4O6. The fraction of sp³-hybridized carbons (Fsp3) is 0.429. The summed E-state index contributed by atoms with van der Waals surface area (Å²) in [5, 5.41) is 28.9. The second kappa shape index (κ2) is 10.4. The largest absolute Gasteiger partial charge is 0.475 e. The van der Waals surface area contributed by atoms with Gasteiger partial charge in [0.15, 0.2) is 12.1 Å². The number of oxazole rings is 1. The molecule has 1 aromatic heterocycles. The Labute approximate surface area is 186 Å². The Bertz CT molecular complexity index is 935. The third kappa shape index (κ3) is 5.95. The van der Waals surface area contributed by atoms with Crippen LogP contribution in [0, 0.1) is 5.92 Å². The molecule has 2 atom stereocenters. The van der Waals surface area contributed by atoms with Crippen molar-refractivity contribution in [3.05, 3.63) is 54.2 Å². The fourth-order valence-electron chi connectivity index (χ4n) is 3.52. The number of amides is 2. The van der Waals surface area contributed by atoms with E-state index in [-0.39, 0.29) is 31.0 Å². The zero-order valence-electron chi connectivity index (χ0n) is 18.0. The Morgan fingerprint density at radius 2 is 2.00 bits per heavy atom. The lowest BCUT2D eigenvalue weighted by atomic mass is 9.74. The van der Waals surface area contributed by atoms with Crippen molar-refractivity contribution in [2.45, 2.75) is 44.7 Å². The van der Waals surface area contributed by atoms with E-state index < -0.39 is 30.5 Å². The molecule has 0 fully saturated rings. The van der Waals surface area contributed by atoms with Crippen molar-refractivity contribution in [2.24, 2.45) is 11.1 Å². The zero-order valence-corrected chi connectivity index (χ0v) is 18.0. The van der Waals surface area contributed by atoms with Gasteiger partial charge in [-0.05, 0) is 17.9 Å². The van der Waals surface area contributed by atoms with Gasteiger partial charge >= 0.3 is 7.12 Å². The lowest BCUT2D eigenvalue weighted by Crippen LogP contribution is -2.56. The van der Waals surface area contributed by atoms with Crippen LogP contribution in [0.25, 0.3) is 0 Å². The first-order chi connectivity index (χ1) is 15.3. The number of nitrogens with zero attached hydrogens (tertiary/aromatic N) is 2. The van der Waals surface area contributed by atoms with Crippen molar-refractivity contribution in [1.29, 1.82) is 0 Å². The molecule has 10 nitrogen and oxygen atoms in total. The van der Waals surface area contributed by atoms with Crippen molar-refractivity contribution < 1.29 is 28.9 Å². The first-order valence-electron chi connectivity index (χ1n) is 10.4. The highest BCUT2D eigenvalue weighted by atomic mass is 16.7. The second-order valence-electron chi connectivity index (χ2n) is 8.26. The van der Waals surface area contributed by atoms with Gasteiger partial charge in [0.25, 0.3) is 11.8 Å². The maximum atomic E-state index is 13.3. The quantitative estimate of drug-likeness (QED) is 0.396. The Morgan fingerprint density at radius 3 is 2.62 bits per heavy atom. The number of carbonyl (C=O) groups is 2. The molecule has 0 bridgehead atoms. The van der Waals surface area contributed by atoms with Crippen LogP contribution in [0.4, 0.5) is 0 Å². The van der Waals surface area contributed by atoms with E-state index in [0.717, 1.165) is 12.0 Å². The van der Waals surface area contributed by atoms with Crippen LogP contribution >= 0.6 is 0 Å². The predicted molar refractivity (Wildman–Crippen MR) is 116 cm³/mol. The number of aromatic nitrogens is 1. The summed E-state index contributed by atoms with van der Waals surface area (Å²) in [6, 6.07) is 9.32. The highest BCUT2D eigenvalue weighted by molar-refractivity contribution is 6.43. The summed E-state index contributed by atoms with van der Waals surface area (Å²) in [7, 11) is -1.71. The first-order valence-corrected chi connectivity index (χ1v) is 10.4. The summed E-state index contributed by atoms with van der Waals surface area (Å²) < 4.78 is 4.80. The lowest BCUT2D eigenvalue weighted by molar-refractivity contribution is -0.144. The molecule has 1 unspecified atom stereocenters. The first kappa shape index (κ1) is 23.5. The molecule has 0 spiro atoms. The molecule has 0 saturated heterocycles. The maximum Gasteiger partial charge on any atom is 0.475 e. The molecule has 1 aromatic carbocycles. The molecular weight excluding hydrogens is 415 g/mol. The molecule has 0 radical (unpaired) electrons.